The number of nitrogens with one attached hydrogen (secondary N) is 2. The molecule has 0 aromatic heterocycles. The lowest BCUT2D eigenvalue weighted by Gasteiger charge is -2.33. The summed E-state index contributed by atoms with van der Waals surface area (Å²) in [5.41, 5.74) is 4.26. The highest BCUT2D eigenvalue weighted by Crippen LogP contribution is 2.30. The molecule has 7 nitrogen and oxygen atoms in total. The topological polar surface area (TPSA) is 79.9 Å². The van der Waals surface area contributed by atoms with Gasteiger partial charge in [-0.15, -0.1) is 0 Å². The Kier molecular flexibility index (Phi) is 6.56. The number of carbonyl (C=O) groups is 2. The molecular formula is C25H27N3O4. The molecule has 0 radical (unpaired) electrons. The van der Waals surface area contributed by atoms with Gasteiger partial charge in [0.2, 0.25) is 0 Å². The number of hydrogen-bond acceptors (Lipinski definition) is 5. The fourth-order valence-corrected chi connectivity index (χ4v) is 4.16. The summed E-state index contributed by atoms with van der Waals surface area (Å²) in [6.07, 6.45) is 3.11. The molecule has 0 bridgehead atoms. The molecule has 32 heavy (non-hydrogen) atoms. The quantitative estimate of drug-likeness (QED) is 0.684. The summed E-state index contributed by atoms with van der Waals surface area (Å²) in [6.45, 7) is 2.00. The standard InChI is InChI=1S/C25H27N3O4/c1-31-20-10-6-9-19(15-20)23-22(24(29)32-2)21(26-25(30)27-23)16-28-13-11-18(12-14-28)17-7-4-3-5-8-17/h3-11,15,23H,12-14,16H2,1-2H3,(H2,26,27,30)/t23-/m0/s1. The van der Waals surface area contributed by atoms with Crippen LogP contribution in [0.5, 0.6) is 5.75 Å². The van der Waals surface area contributed by atoms with E-state index in [9.17, 15) is 9.59 Å². The Morgan fingerprint density at radius 3 is 2.62 bits per heavy atom. The third-order valence-electron chi connectivity index (χ3n) is 5.81. The largest absolute Gasteiger partial charge is 0.497 e. The normalized spacial score (nSPS) is 19.0. The minimum Gasteiger partial charge on any atom is -0.497 e. The van der Waals surface area contributed by atoms with E-state index >= 15 is 0 Å². The summed E-state index contributed by atoms with van der Waals surface area (Å²) in [5, 5.41) is 5.69. The van der Waals surface area contributed by atoms with Gasteiger partial charge >= 0.3 is 12.0 Å². The molecule has 1 atom stereocenters. The summed E-state index contributed by atoms with van der Waals surface area (Å²) < 4.78 is 10.4. The van der Waals surface area contributed by atoms with Gasteiger partial charge in [-0.3, -0.25) is 4.90 Å². The molecule has 2 heterocycles. The Bertz CT molecular complexity index is 1060. The van der Waals surface area contributed by atoms with Gasteiger partial charge in [0.25, 0.3) is 0 Å². The Labute approximate surface area is 187 Å². The number of methoxy groups -OCH3 is 2. The number of ether oxygens (including phenoxy) is 2. The van der Waals surface area contributed by atoms with Crippen molar-refractivity contribution in [2.24, 2.45) is 0 Å². The van der Waals surface area contributed by atoms with Crippen LogP contribution >= 0.6 is 0 Å². The number of amides is 2. The van der Waals surface area contributed by atoms with Crippen LogP contribution in [0.4, 0.5) is 4.79 Å². The molecule has 2 aromatic rings. The Hall–Kier alpha value is -3.58. The van der Waals surface area contributed by atoms with Crippen LogP contribution in [-0.4, -0.2) is 50.8 Å². The SMILES string of the molecule is COC(=O)C1=C(CN2CC=C(c3ccccc3)CC2)NC(=O)N[C@H]1c1cccc(OC)c1. The zero-order chi connectivity index (χ0) is 22.5. The van der Waals surface area contributed by atoms with Gasteiger partial charge < -0.3 is 20.1 Å². The molecular weight excluding hydrogens is 406 g/mol. The molecule has 0 aliphatic carbocycles. The highest BCUT2D eigenvalue weighted by Gasteiger charge is 2.34. The van der Waals surface area contributed by atoms with Crippen molar-refractivity contribution in [3.8, 4) is 5.75 Å². The summed E-state index contributed by atoms with van der Waals surface area (Å²) in [5.74, 6) is 0.175. The Balaban J connectivity index is 1.61. The maximum absolute atomic E-state index is 12.8. The molecule has 166 valence electrons. The first-order valence-corrected chi connectivity index (χ1v) is 10.6. The third kappa shape index (κ3) is 4.68. The molecule has 4 rings (SSSR count). The predicted molar refractivity (Wildman–Crippen MR) is 122 cm³/mol. The number of urea groups is 1. The van der Waals surface area contributed by atoms with Gasteiger partial charge in [-0.05, 0) is 35.3 Å². The fourth-order valence-electron chi connectivity index (χ4n) is 4.16. The molecule has 2 amide bonds. The van der Waals surface area contributed by atoms with Crippen LogP contribution < -0.4 is 15.4 Å². The van der Waals surface area contributed by atoms with Crippen LogP contribution in [0.25, 0.3) is 5.57 Å². The van der Waals surface area contributed by atoms with Crippen molar-refractivity contribution in [3.05, 3.63) is 83.1 Å². The van der Waals surface area contributed by atoms with Crippen LogP contribution in [0.2, 0.25) is 0 Å². The Morgan fingerprint density at radius 1 is 1.12 bits per heavy atom. The molecule has 2 N–H and O–H groups in total. The van der Waals surface area contributed by atoms with Crippen LogP contribution in [0.15, 0.2) is 71.9 Å². The molecule has 0 unspecified atom stereocenters. The Morgan fingerprint density at radius 2 is 1.94 bits per heavy atom. The third-order valence-corrected chi connectivity index (χ3v) is 5.81. The maximum Gasteiger partial charge on any atom is 0.338 e. The second kappa shape index (κ2) is 9.70. The van der Waals surface area contributed by atoms with Gasteiger partial charge in [-0.2, -0.15) is 0 Å². The van der Waals surface area contributed by atoms with Crippen molar-refractivity contribution < 1.29 is 19.1 Å². The van der Waals surface area contributed by atoms with E-state index in [4.69, 9.17) is 9.47 Å². The van der Waals surface area contributed by atoms with Crippen LogP contribution in [0.3, 0.4) is 0 Å². The van der Waals surface area contributed by atoms with Crippen molar-refractivity contribution in [3.63, 3.8) is 0 Å². The van der Waals surface area contributed by atoms with Crippen molar-refractivity contribution in [2.45, 2.75) is 12.5 Å². The molecule has 0 spiro atoms. The molecule has 2 aromatic carbocycles. The van der Waals surface area contributed by atoms with Crippen LogP contribution in [0.1, 0.15) is 23.6 Å². The monoisotopic (exact) mass is 433 g/mol. The minimum absolute atomic E-state index is 0.349. The zero-order valence-corrected chi connectivity index (χ0v) is 18.3. The van der Waals surface area contributed by atoms with E-state index in [2.05, 4.69) is 33.7 Å². The first-order chi connectivity index (χ1) is 15.6. The molecule has 2 aliphatic heterocycles. The van der Waals surface area contributed by atoms with Crippen molar-refractivity contribution in [1.82, 2.24) is 15.5 Å². The molecule has 2 aliphatic rings. The lowest BCUT2D eigenvalue weighted by atomic mass is 9.94. The lowest BCUT2D eigenvalue weighted by molar-refractivity contribution is -0.136. The van der Waals surface area contributed by atoms with Gasteiger partial charge in [0.1, 0.15) is 5.75 Å². The lowest BCUT2D eigenvalue weighted by Crippen LogP contribution is -2.48. The van der Waals surface area contributed by atoms with E-state index in [1.54, 1.807) is 7.11 Å². The van der Waals surface area contributed by atoms with E-state index in [0.29, 0.717) is 23.6 Å². The predicted octanol–water partition coefficient (Wildman–Crippen LogP) is 3.27. The van der Waals surface area contributed by atoms with E-state index in [-0.39, 0.29) is 6.03 Å². The minimum atomic E-state index is -0.624. The van der Waals surface area contributed by atoms with Crippen molar-refractivity contribution in [2.75, 3.05) is 33.9 Å². The van der Waals surface area contributed by atoms with Gasteiger partial charge in [-0.25, -0.2) is 9.59 Å². The van der Waals surface area contributed by atoms with Crippen molar-refractivity contribution in [1.29, 1.82) is 0 Å². The second-order valence-corrected chi connectivity index (χ2v) is 7.77. The number of esters is 1. The smallest absolute Gasteiger partial charge is 0.338 e. The molecule has 0 fully saturated rings. The number of benzene rings is 2. The van der Waals surface area contributed by atoms with Crippen LogP contribution in [-0.2, 0) is 9.53 Å². The summed E-state index contributed by atoms with van der Waals surface area (Å²) >= 11 is 0. The number of nitrogens with zero attached hydrogens (tertiary/aromatic N) is 1. The summed E-state index contributed by atoms with van der Waals surface area (Å²) in [7, 11) is 2.93. The number of carbonyl (C=O) groups excluding carboxylic acids is 2. The van der Waals surface area contributed by atoms with Gasteiger partial charge in [0.05, 0.1) is 25.8 Å². The van der Waals surface area contributed by atoms with E-state index in [1.807, 2.05) is 42.5 Å². The average molecular weight is 434 g/mol. The fraction of sp³-hybridized carbons (Fsp3) is 0.280. The summed E-state index contributed by atoms with van der Waals surface area (Å²) in [4.78, 5) is 27.5. The average Bonchev–Trinajstić information content (AvgIpc) is 2.84. The first-order valence-electron chi connectivity index (χ1n) is 10.6. The summed E-state index contributed by atoms with van der Waals surface area (Å²) in [6, 6.07) is 16.7. The second-order valence-electron chi connectivity index (χ2n) is 7.77. The number of hydrogen-bond donors (Lipinski definition) is 2. The van der Waals surface area contributed by atoms with Gasteiger partial charge in [0, 0.05) is 25.3 Å². The van der Waals surface area contributed by atoms with Crippen molar-refractivity contribution >= 4 is 17.6 Å². The highest BCUT2D eigenvalue weighted by molar-refractivity contribution is 5.95. The number of rotatable bonds is 6. The van der Waals surface area contributed by atoms with Gasteiger partial charge in [-0.1, -0.05) is 48.5 Å². The first kappa shape index (κ1) is 21.6. The van der Waals surface area contributed by atoms with E-state index in [1.165, 1.54) is 18.2 Å². The molecule has 7 heteroatoms. The highest BCUT2D eigenvalue weighted by atomic mass is 16.5. The van der Waals surface area contributed by atoms with Crippen LogP contribution in [0, 0.1) is 0 Å². The van der Waals surface area contributed by atoms with Gasteiger partial charge in [0.15, 0.2) is 0 Å². The van der Waals surface area contributed by atoms with E-state index in [0.717, 1.165) is 25.1 Å². The maximum atomic E-state index is 12.8. The van der Waals surface area contributed by atoms with E-state index < -0.39 is 12.0 Å². The molecule has 0 saturated heterocycles. The molecule has 0 saturated carbocycles. The zero-order valence-electron chi connectivity index (χ0n) is 18.3.